The fourth-order valence-electron chi connectivity index (χ4n) is 5.63. The van der Waals surface area contributed by atoms with Crippen LogP contribution in [0, 0.1) is 23.7 Å². The second-order valence-electron chi connectivity index (χ2n) is 14.6. The van der Waals surface area contributed by atoms with Crippen molar-refractivity contribution in [3.8, 4) is 0 Å². The standard InChI is InChI=1S/C38H60N6O8/c1-23(2)19-28(30(45)20-26(7)34(47)43-32(24(3)4)36(49)40-22-27-15-11-10-12-16-27)41-35(48)29-21-31(46)39-17-13-8-9-14-18-52-38(51)44-33(25(5)6)37(50)42-29/h8,10-13,15-16,23-26,28-30,32-33,45H,9,14,17-22H2,1-7H3,(H,39,46)(H,40,49)(H,41,48)(H,42,50)(H,43,47)(H,44,51)/t26-,28+,29+,30+,32+,33+/m1/s1. The van der Waals surface area contributed by atoms with Crippen molar-refractivity contribution in [3.05, 3.63) is 48.0 Å². The zero-order chi connectivity index (χ0) is 38.8. The first-order chi connectivity index (χ1) is 24.6. The van der Waals surface area contributed by atoms with E-state index >= 15 is 0 Å². The van der Waals surface area contributed by atoms with Gasteiger partial charge in [-0.2, -0.15) is 0 Å². The van der Waals surface area contributed by atoms with Crippen LogP contribution in [0.3, 0.4) is 0 Å². The molecule has 0 unspecified atom stereocenters. The van der Waals surface area contributed by atoms with Gasteiger partial charge in [-0.1, -0.05) is 91.0 Å². The average Bonchev–Trinajstić information content (AvgIpc) is 3.08. The largest absolute Gasteiger partial charge is 0.450 e. The Morgan fingerprint density at radius 2 is 1.60 bits per heavy atom. The molecule has 14 nitrogen and oxygen atoms in total. The Morgan fingerprint density at radius 1 is 0.904 bits per heavy atom. The molecule has 0 saturated carbocycles. The van der Waals surface area contributed by atoms with Crippen LogP contribution in [0.2, 0.25) is 0 Å². The van der Waals surface area contributed by atoms with Gasteiger partial charge in [0.2, 0.25) is 29.5 Å². The van der Waals surface area contributed by atoms with Gasteiger partial charge in [0.05, 0.1) is 25.2 Å². The van der Waals surface area contributed by atoms with Gasteiger partial charge in [0.1, 0.15) is 18.1 Å². The Balaban J connectivity index is 2.18. The number of amides is 6. The molecule has 0 aromatic heterocycles. The molecule has 1 aliphatic rings. The van der Waals surface area contributed by atoms with Crippen molar-refractivity contribution in [2.75, 3.05) is 13.2 Å². The fourth-order valence-corrected chi connectivity index (χ4v) is 5.63. The molecule has 2 rings (SSSR count). The van der Waals surface area contributed by atoms with Crippen molar-refractivity contribution < 1.29 is 38.6 Å². The number of carbonyl (C=O) groups is 6. The number of nitrogens with one attached hydrogen (secondary N) is 6. The van der Waals surface area contributed by atoms with Crippen LogP contribution in [-0.2, 0) is 35.3 Å². The van der Waals surface area contributed by atoms with E-state index in [0.717, 1.165) is 5.56 Å². The highest BCUT2D eigenvalue weighted by atomic mass is 16.5. The summed E-state index contributed by atoms with van der Waals surface area (Å²) in [5.74, 6) is -3.92. The third-order valence-corrected chi connectivity index (χ3v) is 8.69. The van der Waals surface area contributed by atoms with E-state index in [1.807, 2.05) is 64.1 Å². The molecule has 52 heavy (non-hydrogen) atoms. The van der Waals surface area contributed by atoms with Crippen LogP contribution >= 0.6 is 0 Å². The number of hydrogen-bond acceptors (Lipinski definition) is 8. The maximum atomic E-state index is 13.8. The lowest BCUT2D eigenvalue weighted by Crippen LogP contribution is -2.58. The number of cyclic esters (lactones) is 1. The van der Waals surface area contributed by atoms with E-state index in [4.69, 9.17) is 4.74 Å². The third kappa shape index (κ3) is 15.8. The summed E-state index contributed by atoms with van der Waals surface area (Å²) >= 11 is 0. The molecule has 6 amide bonds. The quantitative estimate of drug-likeness (QED) is 0.142. The van der Waals surface area contributed by atoms with E-state index in [1.54, 1.807) is 26.8 Å². The molecule has 1 heterocycles. The van der Waals surface area contributed by atoms with Crippen molar-refractivity contribution in [1.82, 2.24) is 31.9 Å². The monoisotopic (exact) mass is 728 g/mol. The number of ether oxygens (including phenoxy) is 1. The molecule has 0 saturated heterocycles. The Bertz CT molecular complexity index is 1350. The third-order valence-electron chi connectivity index (χ3n) is 8.69. The maximum absolute atomic E-state index is 13.8. The molecule has 0 radical (unpaired) electrons. The number of aliphatic hydroxyl groups excluding tert-OH is 1. The van der Waals surface area contributed by atoms with Gasteiger partial charge < -0.3 is 41.7 Å². The molecule has 290 valence electrons. The molecule has 0 bridgehead atoms. The second kappa shape index (κ2) is 22.5. The smallest absolute Gasteiger partial charge is 0.407 e. The molecule has 0 spiro atoms. The highest BCUT2D eigenvalue weighted by Crippen LogP contribution is 2.17. The van der Waals surface area contributed by atoms with E-state index in [0.29, 0.717) is 25.8 Å². The summed E-state index contributed by atoms with van der Waals surface area (Å²) in [4.78, 5) is 78.8. The minimum Gasteiger partial charge on any atom is -0.450 e. The summed E-state index contributed by atoms with van der Waals surface area (Å²) in [6, 6.07) is 5.39. The van der Waals surface area contributed by atoms with Gasteiger partial charge in [-0.15, -0.1) is 0 Å². The number of aliphatic hydroxyl groups is 1. The number of allylic oxidation sites excluding steroid dienone is 1. The first kappa shape index (κ1) is 43.7. The summed E-state index contributed by atoms with van der Waals surface area (Å²) in [6.07, 6.45) is 2.72. The zero-order valence-corrected chi connectivity index (χ0v) is 31.7. The van der Waals surface area contributed by atoms with Gasteiger partial charge in [0, 0.05) is 19.0 Å². The lowest BCUT2D eigenvalue weighted by molar-refractivity contribution is -0.134. The zero-order valence-electron chi connectivity index (χ0n) is 31.7. The molecular formula is C38H60N6O8. The lowest BCUT2D eigenvalue weighted by Gasteiger charge is -2.30. The van der Waals surface area contributed by atoms with E-state index in [2.05, 4.69) is 31.9 Å². The summed E-state index contributed by atoms with van der Waals surface area (Å²) in [7, 11) is 0. The number of hydrogen-bond donors (Lipinski definition) is 7. The van der Waals surface area contributed by atoms with Gasteiger partial charge >= 0.3 is 6.09 Å². The molecule has 7 N–H and O–H groups in total. The van der Waals surface area contributed by atoms with Gasteiger partial charge in [-0.05, 0) is 49.0 Å². The molecule has 0 fully saturated rings. The molecular weight excluding hydrogens is 668 g/mol. The highest BCUT2D eigenvalue weighted by Gasteiger charge is 2.34. The molecule has 6 atom stereocenters. The molecule has 1 aromatic rings. The van der Waals surface area contributed by atoms with Gasteiger partial charge in [-0.25, -0.2) is 4.79 Å². The van der Waals surface area contributed by atoms with Crippen LogP contribution in [0.4, 0.5) is 4.79 Å². The minimum absolute atomic E-state index is 0.0185. The van der Waals surface area contributed by atoms with Crippen LogP contribution in [0.5, 0.6) is 0 Å². The number of benzene rings is 1. The van der Waals surface area contributed by atoms with Crippen LogP contribution in [0.25, 0.3) is 0 Å². The topological polar surface area (TPSA) is 204 Å². The van der Waals surface area contributed by atoms with E-state index in [1.165, 1.54) is 0 Å². The lowest BCUT2D eigenvalue weighted by atomic mass is 9.91. The van der Waals surface area contributed by atoms with Crippen molar-refractivity contribution in [2.24, 2.45) is 23.7 Å². The molecule has 14 heteroatoms. The Morgan fingerprint density at radius 3 is 2.23 bits per heavy atom. The Labute approximate surface area is 308 Å². The summed E-state index contributed by atoms with van der Waals surface area (Å²) < 4.78 is 5.21. The molecule has 1 aromatic carbocycles. The van der Waals surface area contributed by atoms with Crippen LogP contribution < -0.4 is 31.9 Å². The predicted octanol–water partition coefficient (Wildman–Crippen LogP) is 2.45. The first-order valence-electron chi connectivity index (χ1n) is 18.3. The number of rotatable bonds is 14. The van der Waals surface area contributed by atoms with Crippen molar-refractivity contribution in [1.29, 1.82) is 0 Å². The average molecular weight is 729 g/mol. The molecule has 0 aliphatic carbocycles. The van der Waals surface area contributed by atoms with Crippen molar-refractivity contribution in [3.63, 3.8) is 0 Å². The van der Waals surface area contributed by atoms with Gasteiger partial charge in [0.15, 0.2) is 0 Å². The summed E-state index contributed by atoms with van der Waals surface area (Å²) in [5.41, 5.74) is 0.922. The predicted molar refractivity (Wildman–Crippen MR) is 197 cm³/mol. The summed E-state index contributed by atoms with van der Waals surface area (Å²) in [5, 5.41) is 27.8. The van der Waals surface area contributed by atoms with E-state index in [-0.39, 0.29) is 43.2 Å². The van der Waals surface area contributed by atoms with Crippen LogP contribution in [-0.4, -0.2) is 84.2 Å². The normalized spacial score (nSPS) is 20.1. The van der Waals surface area contributed by atoms with Crippen LogP contribution in [0.15, 0.2) is 42.5 Å². The van der Waals surface area contributed by atoms with Gasteiger partial charge in [0.25, 0.3) is 0 Å². The van der Waals surface area contributed by atoms with Crippen molar-refractivity contribution >= 4 is 35.6 Å². The highest BCUT2D eigenvalue weighted by molar-refractivity contribution is 5.94. The van der Waals surface area contributed by atoms with Gasteiger partial charge in [-0.3, -0.25) is 24.0 Å². The fraction of sp³-hybridized carbons (Fsp3) is 0.632. The Kier molecular flexibility index (Phi) is 18.9. The van der Waals surface area contributed by atoms with E-state index in [9.17, 15) is 33.9 Å². The summed E-state index contributed by atoms with van der Waals surface area (Å²) in [6.45, 7) is 13.2. The Hall–Kier alpha value is -4.46. The number of carbonyl (C=O) groups excluding carboxylic acids is 6. The maximum Gasteiger partial charge on any atom is 0.407 e. The molecule has 1 aliphatic heterocycles. The number of alkyl carbamates (subject to hydrolysis) is 1. The minimum atomic E-state index is -1.34. The SMILES string of the molecule is CC(C)C[C@H](NC(=O)[C@@H]1CC(=O)NCC=CCCCOC(=O)N[C@@H](C(C)C)C(=O)N1)[C@@H](O)C[C@@H](C)C(=O)N[C@H](C(=O)NCc1ccccc1)C(C)C. The van der Waals surface area contributed by atoms with E-state index < -0.39 is 72.3 Å². The second-order valence-corrected chi connectivity index (χ2v) is 14.6. The van der Waals surface area contributed by atoms with Crippen LogP contribution in [0.1, 0.15) is 86.1 Å². The first-order valence-corrected chi connectivity index (χ1v) is 18.3. The van der Waals surface area contributed by atoms with Crippen molar-refractivity contribution in [2.45, 2.75) is 117 Å².